The second-order valence-electron chi connectivity index (χ2n) is 4.20. The van der Waals surface area contributed by atoms with Gasteiger partial charge in [-0.2, -0.15) is 0 Å². The maximum absolute atomic E-state index is 10.0. The summed E-state index contributed by atoms with van der Waals surface area (Å²) in [6.45, 7) is 2.21. The first-order chi connectivity index (χ1) is 8.65. The average Bonchev–Trinajstić information content (AvgIpc) is 2.36. The monoisotopic (exact) mass is 262 g/mol. The molecule has 3 heteroatoms. The zero-order chi connectivity index (χ0) is 13.0. The van der Waals surface area contributed by atoms with Crippen LogP contribution >= 0.6 is 11.6 Å². The van der Waals surface area contributed by atoms with E-state index in [9.17, 15) is 5.11 Å². The molecule has 0 saturated heterocycles. The number of hydrogen-bond acceptors (Lipinski definition) is 2. The van der Waals surface area contributed by atoms with Gasteiger partial charge in [0.15, 0.2) is 0 Å². The van der Waals surface area contributed by atoms with Crippen LogP contribution in [0.15, 0.2) is 48.5 Å². The van der Waals surface area contributed by atoms with Crippen molar-refractivity contribution in [1.82, 2.24) is 0 Å². The molecule has 94 valence electrons. The fourth-order valence-electron chi connectivity index (χ4n) is 1.71. The third-order valence-corrected chi connectivity index (χ3v) is 2.87. The van der Waals surface area contributed by atoms with Crippen LogP contribution in [0, 0.1) is 6.92 Å². The topological polar surface area (TPSA) is 29.5 Å². The van der Waals surface area contributed by atoms with Crippen molar-refractivity contribution in [3.63, 3.8) is 0 Å². The Balaban J connectivity index is 1.98. The van der Waals surface area contributed by atoms with Gasteiger partial charge >= 0.3 is 0 Å². The number of aliphatic hydroxyl groups excluding tert-OH is 1. The van der Waals surface area contributed by atoms with E-state index in [1.165, 1.54) is 0 Å². The summed E-state index contributed by atoms with van der Waals surface area (Å²) in [5, 5.41) is 10.6. The summed E-state index contributed by atoms with van der Waals surface area (Å²) in [6, 6.07) is 14.9. The Hall–Kier alpha value is -1.51. The molecule has 0 spiro atoms. The van der Waals surface area contributed by atoms with Gasteiger partial charge in [0.05, 0.1) is 0 Å². The van der Waals surface area contributed by atoms with Gasteiger partial charge in [-0.3, -0.25) is 0 Å². The Labute approximate surface area is 112 Å². The Morgan fingerprint density at radius 2 is 1.94 bits per heavy atom. The molecule has 0 radical (unpaired) electrons. The third-order valence-electron chi connectivity index (χ3n) is 2.63. The first-order valence-electron chi connectivity index (χ1n) is 5.78. The van der Waals surface area contributed by atoms with Crippen LogP contribution in [0.5, 0.6) is 5.75 Å². The van der Waals surface area contributed by atoms with Crippen molar-refractivity contribution in [3.8, 4) is 5.75 Å². The zero-order valence-corrected chi connectivity index (χ0v) is 10.9. The molecule has 0 aliphatic carbocycles. The Morgan fingerprint density at radius 1 is 1.17 bits per heavy atom. The van der Waals surface area contributed by atoms with E-state index in [0.29, 0.717) is 10.8 Å². The predicted octanol–water partition coefficient (Wildman–Crippen LogP) is 3.76. The quantitative estimate of drug-likeness (QED) is 0.909. The number of hydrogen-bond donors (Lipinski definition) is 1. The number of aliphatic hydroxyl groups is 1. The van der Waals surface area contributed by atoms with Crippen LogP contribution in [0.1, 0.15) is 17.2 Å². The van der Waals surface area contributed by atoms with Gasteiger partial charge in [-0.15, -0.1) is 0 Å². The summed E-state index contributed by atoms with van der Waals surface area (Å²) in [5.74, 6) is 0.661. The third kappa shape index (κ3) is 3.49. The molecule has 1 N–H and O–H groups in total. The van der Waals surface area contributed by atoms with E-state index in [4.69, 9.17) is 16.3 Å². The van der Waals surface area contributed by atoms with Crippen LogP contribution in [0.25, 0.3) is 0 Å². The summed E-state index contributed by atoms with van der Waals surface area (Å²) in [5.41, 5.74) is 1.98. The van der Waals surface area contributed by atoms with Gasteiger partial charge in [0.2, 0.25) is 0 Å². The Kier molecular flexibility index (Phi) is 4.24. The number of halogens is 1. The lowest BCUT2D eigenvalue weighted by molar-refractivity contribution is 0.108. The van der Waals surface area contributed by atoms with E-state index in [1.807, 2.05) is 43.3 Å². The summed E-state index contributed by atoms with van der Waals surface area (Å²) in [7, 11) is 0. The van der Waals surface area contributed by atoms with Gasteiger partial charge in [-0.1, -0.05) is 47.5 Å². The first-order valence-corrected chi connectivity index (χ1v) is 6.16. The van der Waals surface area contributed by atoms with Crippen LogP contribution in [0.3, 0.4) is 0 Å². The number of rotatable bonds is 4. The highest BCUT2D eigenvalue weighted by Gasteiger charge is 2.08. The molecule has 2 aromatic rings. The molecule has 2 rings (SSSR count). The van der Waals surface area contributed by atoms with Gasteiger partial charge in [0.1, 0.15) is 18.5 Å². The van der Waals surface area contributed by atoms with Crippen molar-refractivity contribution < 1.29 is 9.84 Å². The van der Waals surface area contributed by atoms with Gasteiger partial charge in [0.25, 0.3) is 0 Å². The molecular weight excluding hydrogens is 248 g/mol. The molecule has 0 aliphatic heterocycles. The Bertz CT molecular complexity index is 525. The lowest BCUT2D eigenvalue weighted by Crippen LogP contribution is -2.09. The van der Waals surface area contributed by atoms with Crippen LogP contribution in [-0.4, -0.2) is 11.7 Å². The van der Waals surface area contributed by atoms with Crippen molar-refractivity contribution in [1.29, 1.82) is 0 Å². The lowest BCUT2D eigenvalue weighted by atomic mass is 10.1. The van der Waals surface area contributed by atoms with Crippen LogP contribution in [-0.2, 0) is 0 Å². The normalized spacial score (nSPS) is 12.2. The van der Waals surface area contributed by atoms with E-state index in [2.05, 4.69) is 0 Å². The molecular formula is C15H15ClO2. The fourth-order valence-corrected chi connectivity index (χ4v) is 1.89. The van der Waals surface area contributed by atoms with Crippen LogP contribution in [0.2, 0.25) is 5.02 Å². The summed E-state index contributed by atoms with van der Waals surface area (Å²) in [4.78, 5) is 0. The highest BCUT2D eigenvalue weighted by molar-refractivity contribution is 6.30. The fraction of sp³-hybridized carbons (Fsp3) is 0.200. The van der Waals surface area contributed by atoms with E-state index in [-0.39, 0.29) is 6.61 Å². The maximum Gasteiger partial charge on any atom is 0.120 e. The SMILES string of the molecule is Cc1cccc(C(O)COc2cccc(Cl)c2)c1. The highest BCUT2D eigenvalue weighted by atomic mass is 35.5. The van der Waals surface area contributed by atoms with E-state index >= 15 is 0 Å². The maximum atomic E-state index is 10.0. The number of ether oxygens (including phenoxy) is 1. The minimum Gasteiger partial charge on any atom is -0.490 e. The summed E-state index contributed by atoms with van der Waals surface area (Å²) >= 11 is 5.86. The minimum absolute atomic E-state index is 0.212. The largest absolute Gasteiger partial charge is 0.490 e. The minimum atomic E-state index is -0.635. The second kappa shape index (κ2) is 5.89. The van der Waals surface area contributed by atoms with E-state index in [1.54, 1.807) is 12.1 Å². The molecule has 0 saturated carbocycles. The van der Waals surface area contributed by atoms with Gasteiger partial charge in [-0.05, 0) is 30.7 Å². The molecule has 0 aliphatic rings. The van der Waals surface area contributed by atoms with Crippen LogP contribution in [0.4, 0.5) is 0 Å². The molecule has 0 aromatic heterocycles. The van der Waals surface area contributed by atoms with Crippen molar-refractivity contribution in [2.45, 2.75) is 13.0 Å². The molecule has 0 bridgehead atoms. The smallest absolute Gasteiger partial charge is 0.120 e. The van der Waals surface area contributed by atoms with Crippen LogP contribution < -0.4 is 4.74 Å². The second-order valence-corrected chi connectivity index (χ2v) is 4.63. The van der Waals surface area contributed by atoms with Crippen molar-refractivity contribution in [2.75, 3.05) is 6.61 Å². The number of aryl methyl sites for hydroxylation is 1. The molecule has 0 heterocycles. The predicted molar refractivity (Wildman–Crippen MR) is 73.1 cm³/mol. The summed E-state index contributed by atoms with van der Waals surface area (Å²) in [6.07, 6.45) is -0.635. The molecule has 1 unspecified atom stereocenters. The molecule has 2 nitrogen and oxygen atoms in total. The lowest BCUT2D eigenvalue weighted by Gasteiger charge is -2.13. The van der Waals surface area contributed by atoms with E-state index in [0.717, 1.165) is 11.1 Å². The Morgan fingerprint density at radius 3 is 2.67 bits per heavy atom. The molecule has 18 heavy (non-hydrogen) atoms. The van der Waals surface area contributed by atoms with Crippen molar-refractivity contribution in [3.05, 3.63) is 64.7 Å². The summed E-state index contributed by atoms with van der Waals surface area (Å²) < 4.78 is 5.51. The molecule has 1 atom stereocenters. The van der Waals surface area contributed by atoms with Gasteiger partial charge in [0, 0.05) is 5.02 Å². The molecule has 0 fully saturated rings. The average molecular weight is 263 g/mol. The van der Waals surface area contributed by atoms with Crippen molar-refractivity contribution >= 4 is 11.6 Å². The van der Waals surface area contributed by atoms with Gasteiger partial charge in [-0.25, -0.2) is 0 Å². The highest BCUT2D eigenvalue weighted by Crippen LogP contribution is 2.20. The zero-order valence-electron chi connectivity index (χ0n) is 10.1. The number of benzene rings is 2. The van der Waals surface area contributed by atoms with Crippen molar-refractivity contribution in [2.24, 2.45) is 0 Å². The first kappa shape index (κ1) is 12.9. The molecule has 2 aromatic carbocycles. The molecule has 0 amide bonds. The van der Waals surface area contributed by atoms with E-state index < -0.39 is 6.10 Å². The van der Waals surface area contributed by atoms with Gasteiger partial charge < -0.3 is 9.84 Å². The standard InChI is InChI=1S/C15H15ClO2/c1-11-4-2-5-12(8-11)15(17)10-18-14-7-3-6-13(16)9-14/h2-9,15,17H,10H2,1H3.